The number of hydrogen-bond donors (Lipinski definition) is 2. The number of nitrogens with zero attached hydrogens (tertiary/aromatic N) is 1. The second-order valence-corrected chi connectivity index (χ2v) is 5.91. The summed E-state index contributed by atoms with van der Waals surface area (Å²) in [6.45, 7) is 10.7. The second-order valence-electron chi connectivity index (χ2n) is 4.76. The smallest absolute Gasteiger partial charge is 0.191 e. The van der Waals surface area contributed by atoms with Gasteiger partial charge >= 0.3 is 0 Å². The number of rotatable bonds is 11. The van der Waals surface area contributed by atoms with Crippen molar-refractivity contribution in [1.29, 1.82) is 0 Å². The number of ether oxygens (including phenoxy) is 2. The molecule has 0 aliphatic carbocycles. The van der Waals surface area contributed by atoms with Crippen LogP contribution in [0.2, 0.25) is 0 Å². The first kappa shape index (κ1) is 18.3. The molecule has 0 aromatic heterocycles. The summed E-state index contributed by atoms with van der Waals surface area (Å²) in [5.74, 6) is 2.94. The largest absolute Gasteiger partial charge is 0.379 e. The molecular formula is C15H29N3O2S. The van der Waals surface area contributed by atoms with Crippen molar-refractivity contribution in [2.75, 3.05) is 51.0 Å². The predicted octanol–water partition coefficient (Wildman–Crippen LogP) is 1.66. The molecule has 122 valence electrons. The lowest BCUT2D eigenvalue weighted by Gasteiger charge is -2.11. The Morgan fingerprint density at radius 3 is 3.14 bits per heavy atom. The fourth-order valence-electron chi connectivity index (χ4n) is 1.90. The summed E-state index contributed by atoms with van der Waals surface area (Å²) in [7, 11) is 0. The second kappa shape index (κ2) is 13.0. The van der Waals surface area contributed by atoms with E-state index in [2.05, 4.69) is 29.1 Å². The summed E-state index contributed by atoms with van der Waals surface area (Å²) < 4.78 is 11.0. The maximum absolute atomic E-state index is 5.72. The van der Waals surface area contributed by atoms with Crippen LogP contribution in [0.4, 0.5) is 0 Å². The van der Waals surface area contributed by atoms with E-state index in [4.69, 9.17) is 9.47 Å². The minimum absolute atomic E-state index is 0.294. The molecule has 1 aliphatic heterocycles. The van der Waals surface area contributed by atoms with Crippen molar-refractivity contribution in [2.24, 2.45) is 4.99 Å². The normalized spacial score (nSPS) is 18.7. The molecule has 6 heteroatoms. The molecule has 0 bridgehead atoms. The van der Waals surface area contributed by atoms with E-state index in [1.807, 2.05) is 17.8 Å². The third-order valence-corrected chi connectivity index (χ3v) is 3.90. The molecule has 2 N–H and O–H groups in total. The SMILES string of the molecule is C=CCSCCNC(=NCCCOC1CCOC1)NCC. The minimum Gasteiger partial charge on any atom is -0.379 e. The Morgan fingerprint density at radius 1 is 1.52 bits per heavy atom. The molecule has 1 aliphatic rings. The van der Waals surface area contributed by atoms with Crippen molar-refractivity contribution >= 4 is 17.7 Å². The van der Waals surface area contributed by atoms with Gasteiger partial charge in [0.15, 0.2) is 5.96 Å². The molecule has 0 saturated carbocycles. The van der Waals surface area contributed by atoms with Gasteiger partial charge in [-0.05, 0) is 19.8 Å². The van der Waals surface area contributed by atoms with Crippen molar-refractivity contribution in [2.45, 2.75) is 25.9 Å². The predicted molar refractivity (Wildman–Crippen MR) is 91.3 cm³/mol. The van der Waals surface area contributed by atoms with Gasteiger partial charge in [0, 0.05) is 44.4 Å². The Hall–Kier alpha value is -0.720. The van der Waals surface area contributed by atoms with Gasteiger partial charge in [0.2, 0.25) is 0 Å². The maximum Gasteiger partial charge on any atom is 0.191 e. The average Bonchev–Trinajstić information content (AvgIpc) is 3.00. The van der Waals surface area contributed by atoms with Crippen LogP contribution in [0.25, 0.3) is 0 Å². The van der Waals surface area contributed by atoms with Crippen LogP contribution in [-0.2, 0) is 9.47 Å². The highest BCUT2D eigenvalue weighted by Gasteiger charge is 2.15. The first-order valence-corrected chi connectivity index (χ1v) is 8.92. The van der Waals surface area contributed by atoms with Gasteiger partial charge in [-0.2, -0.15) is 11.8 Å². The molecule has 1 unspecified atom stereocenters. The van der Waals surface area contributed by atoms with Crippen molar-refractivity contribution in [3.05, 3.63) is 12.7 Å². The lowest BCUT2D eigenvalue weighted by Crippen LogP contribution is -2.38. The molecule has 1 rings (SSSR count). The molecule has 21 heavy (non-hydrogen) atoms. The van der Waals surface area contributed by atoms with Gasteiger partial charge in [-0.3, -0.25) is 4.99 Å². The summed E-state index contributed by atoms with van der Waals surface area (Å²) in [5.41, 5.74) is 0. The summed E-state index contributed by atoms with van der Waals surface area (Å²) in [4.78, 5) is 4.55. The van der Waals surface area contributed by atoms with Gasteiger partial charge in [-0.15, -0.1) is 6.58 Å². The Labute approximate surface area is 132 Å². The number of aliphatic imine (C=N–C) groups is 1. The Balaban J connectivity index is 2.07. The topological polar surface area (TPSA) is 54.9 Å². The number of nitrogens with one attached hydrogen (secondary N) is 2. The monoisotopic (exact) mass is 315 g/mol. The molecule has 0 aromatic carbocycles. The zero-order valence-electron chi connectivity index (χ0n) is 13.1. The highest BCUT2D eigenvalue weighted by molar-refractivity contribution is 7.99. The Kier molecular flexibility index (Phi) is 11.3. The summed E-state index contributed by atoms with van der Waals surface area (Å²) in [6.07, 6.45) is 4.19. The lowest BCUT2D eigenvalue weighted by molar-refractivity contribution is 0.0424. The number of hydrogen-bond acceptors (Lipinski definition) is 4. The molecule has 1 fully saturated rings. The molecule has 0 spiro atoms. The number of thioether (sulfide) groups is 1. The fraction of sp³-hybridized carbons (Fsp3) is 0.800. The van der Waals surface area contributed by atoms with Gasteiger partial charge in [-0.1, -0.05) is 6.08 Å². The van der Waals surface area contributed by atoms with Crippen molar-refractivity contribution in [3.63, 3.8) is 0 Å². The van der Waals surface area contributed by atoms with E-state index in [0.717, 1.165) is 69.8 Å². The highest BCUT2D eigenvalue weighted by atomic mass is 32.2. The standard InChI is InChI=1S/C15H29N3O2S/c1-3-11-21-12-8-18-15(16-4-2)17-7-5-9-20-14-6-10-19-13-14/h3,14H,1,4-13H2,2H3,(H2,16,17,18). The van der Waals surface area contributed by atoms with E-state index in [9.17, 15) is 0 Å². The van der Waals surface area contributed by atoms with E-state index < -0.39 is 0 Å². The highest BCUT2D eigenvalue weighted by Crippen LogP contribution is 2.08. The first-order chi connectivity index (χ1) is 10.4. The zero-order chi connectivity index (χ0) is 15.2. The van der Waals surface area contributed by atoms with Crippen LogP contribution in [0.3, 0.4) is 0 Å². The van der Waals surface area contributed by atoms with Crippen LogP contribution in [0.1, 0.15) is 19.8 Å². The van der Waals surface area contributed by atoms with Gasteiger partial charge in [0.05, 0.1) is 12.7 Å². The van der Waals surface area contributed by atoms with Crippen LogP contribution in [0.5, 0.6) is 0 Å². The van der Waals surface area contributed by atoms with Crippen LogP contribution in [-0.4, -0.2) is 63.0 Å². The van der Waals surface area contributed by atoms with Gasteiger partial charge in [0.1, 0.15) is 0 Å². The van der Waals surface area contributed by atoms with Crippen LogP contribution >= 0.6 is 11.8 Å². The summed E-state index contributed by atoms with van der Waals surface area (Å²) >= 11 is 1.86. The van der Waals surface area contributed by atoms with Crippen molar-refractivity contribution in [3.8, 4) is 0 Å². The van der Waals surface area contributed by atoms with Crippen LogP contribution < -0.4 is 10.6 Å². The molecular weight excluding hydrogens is 286 g/mol. The third kappa shape index (κ3) is 9.77. The van der Waals surface area contributed by atoms with Crippen LogP contribution in [0.15, 0.2) is 17.6 Å². The molecule has 1 heterocycles. The van der Waals surface area contributed by atoms with E-state index >= 15 is 0 Å². The quantitative estimate of drug-likeness (QED) is 0.263. The molecule has 0 radical (unpaired) electrons. The summed E-state index contributed by atoms with van der Waals surface area (Å²) in [6, 6.07) is 0. The third-order valence-electron chi connectivity index (χ3n) is 2.93. The van der Waals surface area contributed by atoms with Gasteiger partial charge in [0.25, 0.3) is 0 Å². The van der Waals surface area contributed by atoms with E-state index in [1.165, 1.54) is 0 Å². The zero-order valence-corrected chi connectivity index (χ0v) is 13.9. The van der Waals surface area contributed by atoms with Gasteiger partial charge in [-0.25, -0.2) is 0 Å². The summed E-state index contributed by atoms with van der Waals surface area (Å²) in [5, 5.41) is 6.59. The Morgan fingerprint density at radius 2 is 2.43 bits per heavy atom. The maximum atomic E-state index is 5.72. The van der Waals surface area contributed by atoms with E-state index in [0.29, 0.717) is 6.10 Å². The molecule has 0 aromatic rings. The molecule has 0 amide bonds. The average molecular weight is 315 g/mol. The molecule has 1 saturated heterocycles. The van der Waals surface area contributed by atoms with Crippen molar-refractivity contribution < 1.29 is 9.47 Å². The number of guanidine groups is 1. The van der Waals surface area contributed by atoms with Crippen molar-refractivity contribution in [1.82, 2.24) is 10.6 Å². The van der Waals surface area contributed by atoms with Gasteiger partial charge < -0.3 is 20.1 Å². The Bertz CT molecular complexity index is 295. The van der Waals surface area contributed by atoms with E-state index in [-0.39, 0.29) is 0 Å². The first-order valence-electron chi connectivity index (χ1n) is 7.77. The molecule has 1 atom stereocenters. The van der Waals surface area contributed by atoms with E-state index in [1.54, 1.807) is 0 Å². The molecule has 5 nitrogen and oxygen atoms in total. The lowest BCUT2D eigenvalue weighted by atomic mass is 10.3. The minimum atomic E-state index is 0.294. The fourth-order valence-corrected chi connectivity index (χ4v) is 2.48. The van der Waals surface area contributed by atoms with Crippen LogP contribution in [0, 0.1) is 0 Å².